The highest BCUT2D eigenvalue weighted by atomic mass is 35.5. The zero-order valence-corrected chi connectivity index (χ0v) is 18.0. The largest absolute Gasteiger partial charge is 0.494 e. The van der Waals surface area contributed by atoms with E-state index in [-0.39, 0.29) is 5.82 Å². The molecule has 0 bridgehead atoms. The monoisotopic (exact) mass is 453 g/mol. The molecule has 4 aromatic rings. The summed E-state index contributed by atoms with van der Waals surface area (Å²) in [5, 5.41) is 6.36. The number of amides is 1. The van der Waals surface area contributed by atoms with Crippen molar-refractivity contribution in [1.82, 2.24) is 4.98 Å². The van der Waals surface area contributed by atoms with Crippen LogP contribution in [0.15, 0.2) is 71.8 Å². The van der Waals surface area contributed by atoms with E-state index in [1.54, 1.807) is 36.5 Å². The fraction of sp³-hybridized carbons (Fsp3) is 0.0870. The number of carbonyl (C=O) groups is 1. The second-order valence-electron chi connectivity index (χ2n) is 6.48. The number of benzene rings is 3. The van der Waals surface area contributed by atoms with E-state index in [9.17, 15) is 9.18 Å². The predicted molar refractivity (Wildman–Crippen MR) is 123 cm³/mol. The minimum atomic E-state index is -0.399. The van der Waals surface area contributed by atoms with Crippen LogP contribution in [0.5, 0.6) is 5.75 Å². The smallest absolute Gasteiger partial charge is 0.280 e. The van der Waals surface area contributed by atoms with Crippen molar-refractivity contribution in [3.05, 3.63) is 88.7 Å². The summed E-state index contributed by atoms with van der Waals surface area (Å²) < 4.78 is 19.7. The molecule has 0 radical (unpaired) electrons. The van der Waals surface area contributed by atoms with Gasteiger partial charge in [0.15, 0.2) is 0 Å². The molecule has 0 unspecified atom stereocenters. The third kappa shape index (κ3) is 4.90. The summed E-state index contributed by atoms with van der Waals surface area (Å²) in [6, 6.07) is 18.2. The van der Waals surface area contributed by atoms with Crippen LogP contribution < -0.4 is 9.75 Å². The molecule has 0 spiro atoms. The first-order chi connectivity index (χ1) is 15.0. The number of rotatable bonds is 6. The van der Waals surface area contributed by atoms with Gasteiger partial charge in [0.1, 0.15) is 11.6 Å². The third-order valence-electron chi connectivity index (χ3n) is 4.30. The lowest BCUT2D eigenvalue weighted by atomic mass is 10.2. The molecule has 156 valence electrons. The van der Waals surface area contributed by atoms with Crippen molar-refractivity contribution in [2.45, 2.75) is 6.92 Å². The Balaban J connectivity index is 1.71. The lowest BCUT2D eigenvalue weighted by Gasteiger charge is -2.14. The molecule has 0 saturated carbocycles. The van der Waals surface area contributed by atoms with E-state index in [2.05, 4.69) is 10.1 Å². The number of anilines is 1. The number of ether oxygens (including phenoxy) is 1. The van der Waals surface area contributed by atoms with Crippen LogP contribution in [0.4, 0.5) is 9.52 Å². The highest BCUT2D eigenvalue weighted by molar-refractivity contribution is 7.22. The summed E-state index contributed by atoms with van der Waals surface area (Å²) in [6.07, 6.45) is 1.56. The normalized spacial score (nSPS) is 11.2. The Bertz CT molecular complexity index is 1260. The Morgan fingerprint density at radius 1 is 1.19 bits per heavy atom. The van der Waals surface area contributed by atoms with E-state index in [0.717, 1.165) is 11.3 Å². The SMILES string of the molecule is CCOc1ccc(/C=N/N(C(=O)c2cccc(Cl)c2)c2nc3ccc(F)cc3s2)cc1. The highest BCUT2D eigenvalue weighted by Crippen LogP contribution is 2.31. The zero-order chi connectivity index (χ0) is 21.8. The highest BCUT2D eigenvalue weighted by Gasteiger charge is 2.21. The maximum absolute atomic E-state index is 13.6. The molecule has 31 heavy (non-hydrogen) atoms. The summed E-state index contributed by atoms with van der Waals surface area (Å²) >= 11 is 7.24. The number of carbonyl (C=O) groups excluding carboxylic acids is 1. The molecule has 1 amide bonds. The third-order valence-corrected chi connectivity index (χ3v) is 5.53. The second-order valence-corrected chi connectivity index (χ2v) is 7.93. The van der Waals surface area contributed by atoms with Crippen molar-refractivity contribution in [2.24, 2.45) is 5.10 Å². The zero-order valence-electron chi connectivity index (χ0n) is 16.5. The van der Waals surface area contributed by atoms with Gasteiger partial charge in [0.2, 0.25) is 5.13 Å². The summed E-state index contributed by atoms with van der Waals surface area (Å²) in [6.45, 7) is 2.49. The van der Waals surface area contributed by atoms with Gasteiger partial charge in [-0.05, 0) is 73.2 Å². The summed E-state index contributed by atoms with van der Waals surface area (Å²) in [5.74, 6) is -0.0165. The number of halogens is 2. The van der Waals surface area contributed by atoms with E-state index in [4.69, 9.17) is 16.3 Å². The molecule has 0 aliphatic heterocycles. The van der Waals surface area contributed by atoms with Crippen molar-refractivity contribution < 1.29 is 13.9 Å². The Kier molecular flexibility index (Phi) is 6.25. The van der Waals surface area contributed by atoms with Gasteiger partial charge in [0.25, 0.3) is 5.91 Å². The van der Waals surface area contributed by atoms with Crippen LogP contribution in [0.25, 0.3) is 10.2 Å². The van der Waals surface area contributed by atoms with Crippen LogP contribution in [0.1, 0.15) is 22.8 Å². The van der Waals surface area contributed by atoms with E-state index < -0.39 is 5.91 Å². The minimum Gasteiger partial charge on any atom is -0.494 e. The Morgan fingerprint density at radius 2 is 2.00 bits per heavy atom. The average molecular weight is 454 g/mol. The molecule has 3 aromatic carbocycles. The summed E-state index contributed by atoms with van der Waals surface area (Å²) in [5.41, 5.74) is 1.72. The number of hydrogen-bond acceptors (Lipinski definition) is 5. The van der Waals surface area contributed by atoms with Crippen LogP contribution in [0.2, 0.25) is 5.02 Å². The number of thiazole rings is 1. The molecule has 0 saturated heterocycles. The van der Waals surface area contributed by atoms with E-state index in [1.165, 1.54) is 28.5 Å². The summed E-state index contributed by atoms with van der Waals surface area (Å²) in [4.78, 5) is 17.7. The quantitative estimate of drug-likeness (QED) is 0.259. The van der Waals surface area contributed by atoms with Crippen molar-refractivity contribution in [1.29, 1.82) is 0 Å². The molecule has 4 rings (SSSR count). The number of hydrazone groups is 1. The van der Waals surface area contributed by atoms with Gasteiger partial charge in [0, 0.05) is 10.6 Å². The topological polar surface area (TPSA) is 54.8 Å². The lowest BCUT2D eigenvalue weighted by molar-refractivity contribution is 0.0988. The summed E-state index contributed by atoms with van der Waals surface area (Å²) in [7, 11) is 0. The number of aromatic nitrogens is 1. The lowest BCUT2D eigenvalue weighted by Crippen LogP contribution is -2.25. The van der Waals surface area contributed by atoms with Gasteiger partial charge >= 0.3 is 0 Å². The molecule has 0 atom stereocenters. The molecule has 0 aliphatic carbocycles. The second kappa shape index (κ2) is 9.24. The van der Waals surface area contributed by atoms with Gasteiger partial charge in [-0.15, -0.1) is 0 Å². The molecule has 1 aromatic heterocycles. The molecule has 8 heteroatoms. The van der Waals surface area contributed by atoms with Crippen LogP contribution >= 0.6 is 22.9 Å². The maximum atomic E-state index is 13.6. The minimum absolute atomic E-state index is 0.327. The van der Waals surface area contributed by atoms with E-state index >= 15 is 0 Å². The van der Waals surface area contributed by atoms with Crippen molar-refractivity contribution in [3.8, 4) is 5.75 Å². The van der Waals surface area contributed by atoms with E-state index in [0.29, 0.717) is 32.5 Å². The van der Waals surface area contributed by atoms with Gasteiger partial charge < -0.3 is 4.74 Å². The van der Waals surface area contributed by atoms with E-state index in [1.807, 2.05) is 31.2 Å². The number of nitrogens with zero attached hydrogens (tertiary/aromatic N) is 3. The molecule has 0 aliphatic rings. The van der Waals surface area contributed by atoms with Crippen LogP contribution in [-0.4, -0.2) is 23.7 Å². The van der Waals surface area contributed by atoms with Crippen molar-refractivity contribution in [3.63, 3.8) is 0 Å². The number of fused-ring (bicyclic) bond motifs is 1. The fourth-order valence-corrected chi connectivity index (χ4v) is 3.99. The molecule has 0 N–H and O–H groups in total. The molecular formula is C23H17ClFN3O2S. The van der Waals surface area contributed by atoms with Crippen LogP contribution in [0.3, 0.4) is 0 Å². The predicted octanol–water partition coefficient (Wildman–Crippen LogP) is 6.17. The Morgan fingerprint density at radius 3 is 2.74 bits per heavy atom. The molecule has 0 fully saturated rings. The first kappa shape index (κ1) is 21.0. The number of hydrogen-bond donors (Lipinski definition) is 0. The van der Waals surface area contributed by atoms with Crippen LogP contribution in [0, 0.1) is 5.82 Å². The van der Waals surface area contributed by atoms with Crippen molar-refractivity contribution in [2.75, 3.05) is 11.6 Å². The molecular weight excluding hydrogens is 437 g/mol. The maximum Gasteiger partial charge on any atom is 0.280 e. The van der Waals surface area contributed by atoms with Gasteiger partial charge in [-0.2, -0.15) is 10.1 Å². The Hall–Kier alpha value is -3.29. The van der Waals surface area contributed by atoms with Gasteiger partial charge in [-0.25, -0.2) is 9.37 Å². The molecule has 5 nitrogen and oxygen atoms in total. The Labute approximate surface area is 187 Å². The standard InChI is InChI=1S/C23H17ClFN3O2S/c1-2-30-19-9-6-15(7-10-19)14-26-28(22(29)16-4-3-5-17(24)12-16)23-27-20-11-8-18(25)13-21(20)31-23/h3-14H,2H2,1H3/b26-14+. The van der Waals surface area contributed by atoms with Crippen LogP contribution in [-0.2, 0) is 0 Å². The molecule has 1 heterocycles. The first-order valence-corrected chi connectivity index (χ1v) is 10.7. The van der Waals surface area contributed by atoms with Gasteiger partial charge in [-0.3, -0.25) is 4.79 Å². The van der Waals surface area contributed by atoms with Gasteiger partial charge in [0.05, 0.1) is 23.0 Å². The van der Waals surface area contributed by atoms with Gasteiger partial charge in [-0.1, -0.05) is 29.0 Å². The average Bonchev–Trinajstić information content (AvgIpc) is 3.18. The fourth-order valence-electron chi connectivity index (χ4n) is 2.85. The first-order valence-electron chi connectivity index (χ1n) is 9.46. The van der Waals surface area contributed by atoms with Crippen molar-refractivity contribution >= 4 is 50.4 Å².